The number of nitrogens with two attached hydrogens (primary N) is 1. The van der Waals surface area contributed by atoms with Gasteiger partial charge in [0.05, 0.1) is 5.52 Å². The van der Waals surface area contributed by atoms with Gasteiger partial charge < -0.3 is 15.6 Å². The molecule has 0 unspecified atom stereocenters. The largest absolute Gasteiger partial charge is 0.399 e. The van der Waals surface area contributed by atoms with Crippen LogP contribution < -0.4 is 10.6 Å². The molecule has 0 aliphatic carbocycles. The van der Waals surface area contributed by atoms with Gasteiger partial charge in [-0.1, -0.05) is 12.1 Å². The van der Waals surface area contributed by atoms with Crippen LogP contribution in [0.3, 0.4) is 0 Å². The summed E-state index contributed by atoms with van der Waals surface area (Å²) in [4.78, 5) is 14.3. The zero-order valence-corrected chi connectivity index (χ0v) is 11.6. The predicted octanol–water partition coefficient (Wildman–Crippen LogP) is 2.20. The number of fused-ring (bicyclic) bond motifs is 1. The summed E-state index contributed by atoms with van der Waals surface area (Å²) in [5, 5.41) is 0. The molecule has 3 rings (SSSR count). The second-order valence-electron chi connectivity index (χ2n) is 5.04. The van der Waals surface area contributed by atoms with Gasteiger partial charge in [0.15, 0.2) is 5.65 Å². The van der Waals surface area contributed by atoms with Crippen molar-refractivity contribution in [1.82, 2.24) is 15.0 Å². The monoisotopic (exact) mass is 267 g/mol. The summed E-state index contributed by atoms with van der Waals surface area (Å²) in [7, 11) is 3.94. The summed E-state index contributed by atoms with van der Waals surface area (Å²) in [6.45, 7) is 0. The van der Waals surface area contributed by atoms with Crippen LogP contribution in [0.15, 0.2) is 36.4 Å². The first-order chi connectivity index (χ1) is 9.61. The SMILES string of the molecule is CN(C)c1ccc2[nH]c(Cc3ccc(N)cc3)nc2n1. The molecular weight excluding hydrogens is 250 g/mol. The van der Waals surface area contributed by atoms with E-state index in [1.807, 2.05) is 55.4 Å². The molecule has 0 fully saturated rings. The van der Waals surface area contributed by atoms with Gasteiger partial charge in [0.2, 0.25) is 0 Å². The molecule has 0 aliphatic heterocycles. The van der Waals surface area contributed by atoms with Crippen molar-refractivity contribution >= 4 is 22.7 Å². The molecule has 0 radical (unpaired) electrons. The highest BCUT2D eigenvalue weighted by atomic mass is 15.1. The number of anilines is 2. The Balaban J connectivity index is 1.90. The molecule has 20 heavy (non-hydrogen) atoms. The van der Waals surface area contributed by atoms with Crippen LogP contribution in [0.5, 0.6) is 0 Å². The van der Waals surface area contributed by atoms with Gasteiger partial charge in [0.25, 0.3) is 0 Å². The van der Waals surface area contributed by atoms with Crippen molar-refractivity contribution in [1.29, 1.82) is 0 Å². The Morgan fingerprint density at radius 2 is 1.80 bits per heavy atom. The first kappa shape index (κ1) is 12.5. The lowest BCUT2D eigenvalue weighted by molar-refractivity contribution is 1.03. The van der Waals surface area contributed by atoms with Crippen LogP contribution in [0.2, 0.25) is 0 Å². The average molecular weight is 267 g/mol. The molecule has 5 nitrogen and oxygen atoms in total. The highest BCUT2D eigenvalue weighted by molar-refractivity contribution is 5.73. The molecule has 3 aromatic rings. The lowest BCUT2D eigenvalue weighted by Crippen LogP contribution is -2.10. The van der Waals surface area contributed by atoms with Crippen LogP contribution >= 0.6 is 0 Å². The summed E-state index contributed by atoms with van der Waals surface area (Å²) in [6.07, 6.45) is 0.744. The Hall–Kier alpha value is -2.56. The third-order valence-corrected chi connectivity index (χ3v) is 3.19. The molecule has 0 saturated carbocycles. The number of imidazole rings is 1. The fourth-order valence-corrected chi connectivity index (χ4v) is 2.09. The maximum absolute atomic E-state index is 5.69. The summed E-state index contributed by atoms with van der Waals surface area (Å²) >= 11 is 0. The Bertz CT molecular complexity index is 728. The molecule has 102 valence electrons. The quantitative estimate of drug-likeness (QED) is 0.714. The molecule has 0 saturated heterocycles. The van der Waals surface area contributed by atoms with E-state index in [-0.39, 0.29) is 0 Å². The second kappa shape index (κ2) is 4.85. The minimum atomic E-state index is 0.744. The van der Waals surface area contributed by atoms with E-state index in [1.54, 1.807) is 0 Å². The minimum Gasteiger partial charge on any atom is -0.399 e. The predicted molar refractivity (Wildman–Crippen MR) is 81.9 cm³/mol. The smallest absolute Gasteiger partial charge is 0.179 e. The van der Waals surface area contributed by atoms with Gasteiger partial charge in [-0.3, -0.25) is 0 Å². The fourth-order valence-electron chi connectivity index (χ4n) is 2.09. The molecule has 3 N–H and O–H groups in total. The maximum Gasteiger partial charge on any atom is 0.179 e. The van der Waals surface area contributed by atoms with Gasteiger partial charge in [-0.2, -0.15) is 0 Å². The molecule has 2 heterocycles. The van der Waals surface area contributed by atoms with E-state index in [0.29, 0.717) is 0 Å². The summed E-state index contributed by atoms with van der Waals surface area (Å²) in [6, 6.07) is 11.8. The van der Waals surface area contributed by atoms with Crippen molar-refractivity contribution in [3.05, 3.63) is 47.8 Å². The van der Waals surface area contributed by atoms with Crippen molar-refractivity contribution in [3.8, 4) is 0 Å². The van der Waals surface area contributed by atoms with E-state index < -0.39 is 0 Å². The average Bonchev–Trinajstić information content (AvgIpc) is 2.82. The standard InChI is InChI=1S/C15H17N5/c1-20(2)14-8-7-12-15(19-14)18-13(17-12)9-10-3-5-11(16)6-4-10/h3-8H,9,16H2,1-2H3,(H,17,18,19). The third-order valence-electron chi connectivity index (χ3n) is 3.19. The highest BCUT2D eigenvalue weighted by Crippen LogP contribution is 2.16. The third kappa shape index (κ3) is 2.42. The minimum absolute atomic E-state index is 0.744. The van der Waals surface area contributed by atoms with Crippen LogP contribution in [-0.2, 0) is 6.42 Å². The fraction of sp³-hybridized carbons (Fsp3) is 0.200. The molecular formula is C15H17N5. The normalized spacial score (nSPS) is 10.9. The van der Waals surface area contributed by atoms with Crippen LogP contribution in [0.25, 0.3) is 11.2 Å². The molecule has 0 bridgehead atoms. The summed E-state index contributed by atoms with van der Waals surface area (Å²) in [5.74, 6) is 1.82. The lowest BCUT2D eigenvalue weighted by atomic mass is 10.1. The number of nitrogens with one attached hydrogen (secondary N) is 1. The summed E-state index contributed by atoms with van der Waals surface area (Å²) < 4.78 is 0. The number of aromatic amines is 1. The van der Waals surface area contributed by atoms with Crippen molar-refractivity contribution in [2.24, 2.45) is 0 Å². The maximum atomic E-state index is 5.69. The Kier molecular flexibility index (Phi) is 3.02. The molecule has 1 aromatic carbocycles. The van der Waals surface area contributed by atoms with E-state index in [0.717, 1.165) is 34.9 Å². The van der Waals surface area contributed by atoms with Crippen molar-refractivity contribution in [2.45, 2.75) is 6.42 Å². The zero-order valence-electron chi connectivity index (χ0n) is 11.6. The van der Waals surface area contributed by atoms with Crippen molar-refractivity contribution < 1.29 is 0 Å². The number of aromatic nitrogens is 3. The van der Waals surface area contributed by atoms with Gasteiger partial charge in [0.1, 0.15) is 11.6 Å². The number of pyridine rings is 1. The molecule has 0 atom stereocenters. The molecule has 0 amide bonds. The van der Waals surface area contributed by atoms with Crippen LogP contribution in [0.1, 0.15) is 11.4 Å². The Morgan fingerprint density at radius 3 is 2.50 bits per heavy atom. The highest BCUT2D eigenvalue weighted by Gasteiger charge is 2.07. The summed E-state index contributed by atoms with van der Waals surface area (Å²) in [5.41, 5.74) is 9.35. The van der Waals surface area contributed by atoms with Crippen LogP contribution in [-0.4, -0.2) is 29.0 Å². The first-order valence-corrected chi connectivity index (χ1v) is 6.49. The van der Waals surface area contributed by atoms with Crippen LogP contribution in [0.4, 0.5) is 11.5 Å². The van der Waals surface area contributed by atoms with E-state index in [9.17, 15) is 0 Å². The number of hydrogen-bond donors (Lipinski definition) is 2. The van der Waals surface area contributed by atoms with Gasteiger partial charge in [-0.25, -0.2) is 9.97 Å². The lowest BCUT2D eigenvalue weighted by Gasteiger charge is -2.09. The van der Waals surface area contributed by atoms with E-state index in [4.69, 9.17) is 5.73 Å². The molecule has 0 spiro atoms. The van der Waals surface area contributed by atoms with E-state index in [1.165, 1.54) is 5.56 Å². The Labute approximate surface area is 117 Å². The van der Waals surface area contributed by atoms with Gasteiger partial charge in [0, 0.05) is 26.2 Å². The van der Waals surface area contributed by atoms with E-state index >= 15 is 0 Å². The number of benzene rings is 1. The number of nitrogen functional groups attached to an aromatic ring is 1. The van der Waals surface area contributed by atoms with Gasteiger partial charge in [-0.05, 0) is 29.8 Å². The second-order valence-corrected chi connectivity index (χ2v) is 5.04. The first-order valence-electron chi connectivity index (χ1n) is 6.49. The number of rotatable bonds is 3. The van der Waals surface area contributed by atoms with Crippen LogP contribution in [0, 0.1) is 0 Å². The zero-order chi connectivity index (χ0) is 14.1. The van der Waals surface area contributed by atoms with Crippen molar-refractivity contribution in [2.75, 3.05) is 24.7 Å². The molecule has 0 aliphatic rings. The number of H-pyrrole nitrogens is 1. The molecule has 2 aromatic heterocycles. The number of hydrogen-bond acceptors (Lipinski definition) is 4. The van der Waals surface area contributed by atoms with E-state index in [2.05, 4.69) is 15.0 Å². The topological polar surface area (TPSA) is 70.8 Å². The van der Waals surface area contributed by atoms with Gasteiger partial charge in [-0.15, -0.1) is 0 Å². The van der Waals surface area contributed by atoms with Crippen molar-refractivity contribution in [3.63, 3.8) is 0 Å². The number of nitrogens with zero attached hydrogens (tertiary/aromatic N) is 3. The molecule has 5 heteroatoms. The van der Waals surface area contributed by atoms with Gasteiger partial charge >= 0.3 is 0 Å². The Morgan fingerprint density at radius 1 is 1.05 bits per heavy atom.